The molecule has 5 nitrogen and oxygen atoms in total. The van der Waals surface area contributed by atoms with E-state index in [0.29, 0.717) is 25.7 Å². The van der Waals surface area contributed by atoms with Gasteiger partial charge in [-0.15, -0.1) is 0 Å². The van der Waals surface area contributed by atoms with Crippen LogP contribution < -0.4 is 15.4 Å². The van der Waals surface area contributed by atoms with Crippen molar-refractivity contribution in [2.75, 3.05) is 40.0 Å². The van der Waals surface area contributed by atoms with Crippen LogP contribution in [0.5, 0.6) is 5.75 Å². The van der Waals surface area contributed by atoms with Gasteiger partial charge in [-0.1, -0.05) is 0 Å². The van der Waals surface area contributed by atoms with Gasteiger partial charge in [0.1, 0.15) is 12.4 Å². The number of ether oxygens (including phenoxy) is 2. The van der Waals surface area contributed by atoms with Crippen LogP contribution in [0.15, 0.2) is 23.2 Å². The molecule has 0 aliphatic rings. The zero-order valence-corrected chi connectivity index (χ0v) is 12.3. The van der Waals surface area contributed by atoms with Crippen molar-refractivity contribution in [1.29, 1.82) is 0 Å². The van der Waals surface area contributed by atoms with Crippen LogP contribution in [0, 0.1) is 11.6 Å². The number of hydrogen-bond donors (Lipinski definition) is 2. The minimum atomic E-state index is -0.712. The Kier molecular flexibility index (Phi) is 8.11. The molecule has 0 bridgehead atoms. The molecule has 2 N–H and O–H groups in total. The number of benzene rings is 1. The van der Waals surface area contributed by atoms with Gasteiger partial charge in [-0.3, -0.25) is 4.99 Å². The van der Waals surface area contributed by atoms with Gasteiger partial charge in [0, 0.05) is 19.7 Å². The van der Waals surface area contributed by atoms with E-state index in [1.165, 1.54) is 6.07 Å². The molecule has 0 heterocycles. The lowest BCUT2D eigenvalue weighted by atomic mass is 10.3. The van der Waals surface area contributed by atoms with Gasteiger partial charge in [-0.25, -0.2) is 8.78 Å². The molecule has 0 amide bonds. The molecule has 0 saturated heterocycles. The number of methoxy groups -OCH3 is 1. The predicted molar refractivity (Wildman–Crippen MR) is 77.7 cm³/mol. The third-order valence-corrected chi connectivity index (χ3v) is 2.46. The summed E-state index contributed by atoms with van der Waals surface area (Å²) in [6.07, 6.45) is 0. The first kappa shape index (κ1) is 17.2. The Morgan fingerprint density at radius 3 is 2.71 bits per heavy atom. The normalized spacial score (nSPS) is 11.3. The Hall–Kier alpha value is -1.89. The summed E-state index contributed by atoms with van der Waals surface area (Å²) in [6, 6.07) is 3.21. The second-order valence-corrected chi connectivity index (χ2v) is 4.10. The highest BCUT2D eigenvalue weighted by atomic mass is 19.1. The van der Waals surface area contributed by atoms with Crippen LogP contribution in [-0.2, 0) is 4.74 Å². The van der Waals surface area contributed by atoms with Gasteiger partial charge in [-0.2, -0.15) is 0 Å². The molecule has 0 atom stereocenters. The van der Waals surface area contributed by atoms with Gasteiger partial charge in [-0.05, 0) is 19.1 Å². The molecule has 118 valence electrons. The van der Waals surface area contributed by atoms with Crippen molar-refractivity contribution in [3.63, 3.8) is 0 Å². The molecule has 1 aromatic rings. The molecule has 0 aromatic heterocycles. The fourth-order valence-corrected chi connectivity index (χ4v) is 1.51. The molecule has 0 radical (unpaired) electrons. The smallest absolute Gasteiger partial charge is 0.191 e. The molecule has 1 aromatic carbocycles. The van der Waals surface area contributed by atoms with E-state index in [2.05, 4.69) is 15.6 Å². The lowest BCUT2D eigenvalue weighted by Gasteiger charge is -2.12. The second kappa shape index (κ2) is 9.93. The van der Waals surface area contributed by atoms with E-state index in [1.54, 1.807) is 7.11 Å². The Bertz CT molecular complexity index is 456. The predicted octanol–water partition coefficient (Wildman–Crippen LogP) is 1.55. The summed E-state index contributed by atoms with van der Waals surface area (Å²) in [7, 11) is 1.61. The van der Waals surface area contributed by atoms with Crippen LogP contribution in [0.25, 0.3) is 0 Å². The zero-order valence-electron chi connectivity index (χ0n) is 12.3. The highest BCUT2D eigenvalue weighted by Crippen LogP contribution is 2.17. The maximum absolute atomic E-state index is 13.3. The molecule has 0 aliphatic carbocycles. The van der Waals surface area contributed by atoms with E-state index in [9.17, 15) is 8.78 Å². The van der Waals surface area contributed by atoms with Gasteiger partial charge in [0.25, 0.3) is 0 Å². The van der Waals surface area contributed by atoms with Crippen LogP contribution in [0.3, 0.4) is 0 Å². The van der Waals surface area contributed by atoms with E-state index in [1.807, 2.05) is 6.92 Å². The average molecular weight is 301 g/mol. The van der Waals surface area contributed by atoms with E-state index < -0.39 is 11.6 Å². The largest absolute Gasteiger partial charge is 0.489 e. The summed E-state index contributed by atoms with van der Waals surface area (Å²) < 4.78 is 36.2. The SMILES string of the molecule is CCNC(=NCCOC)NCCOc1ccc(F)cc1F. The highest BCUT2D eigenvalue weighted by molar-refractivity contribution is 5.79. The lowest BCUT2D eigenvalue weighted by molar-refractivity contribution is 0.208. The molecule has 0 saturated carbocycles. The second-order valence-electron chi connectivity index (χ2n) is 4.10. The van der Waals surface area contributed by atoms with Crippen LogP contribution in [-0.4, -0.2) is 45.9 Å². The summed E-state index contributed by atoms with van der Waals surface area (Å²) >= 11 is 0. The van der Waals surface area contributed by atoms with Gasteiger partial charge < -0.3 is 20.1 Å². The molecular weight excluding hydrogens is 280 g/mol. The van der Waals surface area contributed by atoms with Crippen molar-refractivity contribution in [3.05, 3.63) is 29.8 Å². The van der Waals surface area contributed by atoms with Gasteiger partial charge in [0.2, 0.25) is 0 Å². The number of aliphatic imine (C=N–C) groups is 1. The lowest BCUT2D eigenvalue weighted by Crippen LogP contribution is -2.39. The molecule has 0 fully saturated rings. The molecule has 0 spiro atoms. The minimum absolute atomic E-state index is 0.0273. The zero-order chi connectivity index (χ0) is 15.5. The fraction of sp³-hybridized carbons (Fsp3) is 0.500. The van der Waals surface area contributed by atoms with Crippen LogP contribution >= 0.6 is 0 Å². The van der Waals surface area contributed by atoms with Crippen molar-refractivity contribution in [1.82, 2.24) is 10.6 Å². The maximum atomic E-state index is 13.3. The molecular formula is C14H21F2N3O2. The number of halogens is 2. The van der Waals surface area contributed by atoms with Gasteiger partial charge in [0.05, 0.1) is 19.7 Å². The van der Waals surface area contributed by atoms with E-state index >= 15 is 0 Å². The Balaban J connectivity index is 2.34. The van der Waals surface area contributed by atoms with Crippen molar-refractivity contribution >= 4 is 5.96 Å². The Morgan fingerprint density at radius 1 is 1.24 bits per heavy atom. The molecule has 7 heteroatoms. The molecule has 1 rings (SSSR count). The Labute approximate surface area is 123 Å². The number of hydrogen-bond acceptors (Lipinski definition) is 3. The third kappa shape index (κ3) is 6.89. The average Bonchev–Trinajstić information content (AvgIpc) is 2.45. The van der Waals surface area contributed by atoms with Crippen molar-refractivity contribution in [3.8, 4) is 5.75 Å². The molecule has 21 heavy (non-hydrogen) atoms. The standard InChI is InChI=1S/C14H21F2N3O2/c1-3-17-14(18-6-8-20-2)19-7-9-21-13-5-4-11(15)10-12(13)16/h4-5,10H,3,6-9H2,1-2H3,(H2,17,18,19). The monoisotopic (exact) mass is 301 g/mol. The summed E-state index contributed by atoms with van der Waals surface area (Å²) in [5.41, 5.74) is 0. The number of rotatable bonds is 8. The van der Waals surface area contributed by atoms with E-state index in [0.717, 1.165) is 18.7 Å². The van der Waals surface area contributed by atoms with Crippen molar-refractivity contribution in [2.24, 2.45) is 4.99 Å². The number of guanidine groups is 1. The Morgan fingerprint density at radius 2 is 2.05 bits per heavy atom. The first-order chi connectivity index (χ1) is 10.2. The molecule has 0 aliphatic heterocycles. The first-order valence-corrected chi connectivity index (χ1v) is 6.76. The topological polar surface area (TPSA) is 54.9 Å². The highest BCUT2D eigenvalue weighted by Gasteiger charge is 2.04. The van der Waals surface area contributed by atoms with Crippen molar-refractivity contribution in [2.45, 2.75) is 6.92 Å². The maximum Gasteiger partial charge on any atom is 0.191 e. The van der Waals surface area contributed by atoms with Crippen LogP contribution in [0.1, 0.15) is 6.92 Å². The van der Waals surface area contributed by atoms with Gasteiger partial charge >= 0.3 is 0 Å². The fourth-order valence-electron chi connectivity index (χ4n) is 1.51. The number of nitrogens with zero attached hydrogens (tertiary/aromatic N) is 1. The van der Waals surface area contributed by atoms with Gasteiger partial charge in [0.15, 0.2) is 17.5 Å². The van der Waals surface area contributed by atoms with Crippen LogP contribution in [0.4, 0.5) is 8.78 Å². The quantitative estimate of drug-likeness (QED) is 0.434. The van der Waals surface area contributed by atoms with E-state index in [4.69, 9.17) is 9.47 Å². The third-order valence-electron chi connectivity index (χ3n) is 2.46. The molecule has 0 unspecified atom stereocenters. The van der Waals surface area contributed by atoms with E-state index in [-0.39, 0.29) is 12.4 Å². The number of nitrogens with one attached hydrogen (secondary N) is 2. The van der Waals surface area contributed by atoms with Crippen LogP contribution in [0.2, 0.25) is 0 Å². The summed E-state index contributed by atoms with van der Waals surface area (Å²) in [5.74, 6) is -0.675. The first-order valence-electron chi connectivity index (χ1n) is 6.76. The summed E-state index contributed by atoms with van der Waals surface area (Å²) in [4.78, 5) is 4.27. The van der Waals surface area contributed by atoms with Crippen molar-refractivity contribution < 1.29 is 18.3 Å². The summed E-state index contributed by atoms with van der Waals surface area (Å²) in [6.45, 7) is 4.43. The summed E-state index contributed by atoms with van der Waals surface area (Å²) in [5, 5.41) is 6.11. The minimum Gasteiger partial charge on any atom is -0.489 e.